The first-order valence-electron chi connectivity index (χ1n) is 7.95. The Morgan fingerprint density at radius 2 is 1.96 bits per heavy atom. The molecule has 1 amide bonds. The summed E-state index contributed by atoms with van der Waals surface area (Å²) in [4.78, 5) is 25.9. The third-order valence-corrected chi connectivity index (χ3v) is 4.12. The molecule has 0 bridgehead atoms. The van der Waals surface area contributed by atoms with E-state index in [1.165, 1.54) is 11.8 Å². The molecule has 1 aromatic rings. The maximum absolute atomic E-state index is 12.4. The minimum absolute atomic E-state index is 0.116. The predicted molar refractivity (Wildman–Crippen MR) is 91.9 cm³/mol. The molecule has 0 saturated heterocycles. The molecule has 0 aromatic heterocycles. The number of hydrogen-bond donors (Lipinski definition) is 1. The van der Waals surface area contributed by atoms with Crippen molar-refractivity contribution in [3.8, 4) is 0 Å². The van der Waals surface area contributed by atoms with E-state index >= 15 is 0 Å². The molecular formula is C18H22ClNO4. The molecule has 0 aliphatic carbocycles. The van der Waals surface area contributed by atoms with E-state index in [1.807, 2.05) is 13.8 Å². The zero-order chi connectivity index (χ0) is 17.9. The summed E-state index contributed by atoms with van der Waals surface area (Å²) in [5.74, 6) is -1.31. The van der Waals surface area contributed by atoms with Crippen molar-refractivity contribution in [3.63, 3.8) is 0 Å². The molecule has 1 heterocycles. The van der Waals surface area contributed by atoms with Crippen molar-refractivity contribution in [2.75, 3.05) is 13.2 Å². The fourth-order valence-electron chi connectivity index (χ4n) is 2.79. The SMILES string of the molecule is CC(=O)C1=C(O)C(=O)N(CCCOC(C)C)C1c1ccc(Cl)cc1. The van der Waals surface area contributed by atoms with E-state index in [1.54, 1.807) is 24.3 Å². The number of carbonyl (C=O) groups excluding carboxylic acids is 2. The lowest BCUT2D eigenvalue weighted by Gasteiger charge is -2.26. The lowest BCUT2D eigenvalue weighted by molar-refractivity contribution is -0.129. The maximum Gasteiger partial charge on any atom is 0.290 e. The van der Waals surface area contributed by atoms with Crippen LogP contribution in [0.1, 0.15) is 38.8 Å². The summed E-state index contributed by atoms with van der Waals surface area (Å²) in [6, 6.07) is 6.34. The molecule has 1 unspecified atom stereocenters. The molecule has 130 valence electrons. The molecule has 1 aliphatic rings. The number of nitrogens with zero attached hydrogens (tertiary/aromatic N) is 1. The quantitative estimate of drug-likeness (QED) is 0.764. The number of carbonyl (C=O) groups is 2. The summed E-state index contributed by atoms with van der Waals surface area (Å²) in [6.45, 7) is 6.13. The van der Waals surface area contributed by atoms with Gasteiger partial charge in [-0.2, -0.15) is 0 Å². The number of Topliss-reactive ketones (excluding diaryl/α,β-unsaturated/α-hetero) is 1. The average Bonchev–Trinajstić information content (AvgIpc) is 2.76. The highest BCUT2D eigenvalue weighted by atomic mass is 35.5. The van der Waals surface area contributed by atoms with Crippen molar-refractivity contribution in [1.29, 1.82) is 0 Å². The van der Waals surface area contributed by atoms with Crippen LogP contribution in [0.5, 0.6) is 0 Å². The molecule has 24 heavy (non-hydrogen) atoms. The van der Waals surface area contributed by atoms with Gasteiger partial charge in [-0.05, 0) is 44.9 Å². The minimum atomic E-state index is -0.591. The Bertz CT molecular complexity index is 651. The molecule has 6 heteroatoms. The molecule has 1 aromatic carbocycles. The second kappa shape index (κ2) is 7.81. The van der Waals surface area contributed by atoms with Crippen LogP contribution in [0.4, 0.5) is 0 Å². The lowest BCUT2D eigenvalue weighted by atomic mass is 9.97. The summed E-state index contributed by atoms with van der Waals surface area (Å²) < 4.78 is 5.50. The molecule has 1 aliphatic heterocycles. The summed E-state index contributed by atoms with van der Waals surface area (Å²) >= 11 is 5.92. The molecule has 0 radical (unpaired) electrons. The number of aliphatic hydroxyl groups excluding tert-OH is 1. The van der Waals surface area contributed by atoms with Crippen LogP contribution < -0.4 is 0 Å². The zero-order valence-corrected chi connectivity index (χ0v) is 14.8. The van der Waals surface area contributed by atoms with Gasteiger partial charge in [0.1, 0.15) is 0 Å². The van der Waals surface area contributed by atoms with Crippen molar-refractivity contribution in [3.05, 3.63) is 46.2 Å². The van der Waals surface area contributed by atoms with Crippen LogP contribution in [0.2, 0.25) is 5.02 Å². The van der Waals surface area contributed by atoms with Crippen molar-refractivity contribution >= 4 is 23.3 Å². The number of amides is 1. The lowest BCUT2D eigenvalue weighted by Crippen LogP contribution is -2.32. The predicted octanol–water partition coefficient (Wildman–Crippen LogP) is 3.44. The van der Waals surface area contributed by atoms with Gasteiger partial charge in [0.25, 0.3) is 5.91 Å². The third kappa shape index (κ3) is 3.97. The largest absolute Gasteiger partial charge is 0.503 e. The highest BCUT2D eigenvalue weighted by Crippen LogP contribution is 2.37. The molecule has 0 spiro atoms. The summed E-state index contributed by atoms with van der Waals surface area (Å²) in [5, 5.41) is 10.7. The number of ether oxygens (including phenoxy) is 1. The standard InChI is InChI=1S/C18H22ClNO4/c1-11(2)24-10-4-9-20-16(13-5-7-14(19)8-6-13)15(12(3)21)17(22)18(20)23/h5-8,11,16,22H,4,9-10H2,1-3H3. The Morgan fingerprint density at radius 3 is 2.50 bits per heavy atom. The molecule has 2 rings (SSSR count). The number of halogens is 1. The van der Waals surface area contributed by atoms with E-state index in [9.17, 15) is 14.7 Å². The molecular weight excluding hydrogens is 330 g/mol. The fraction of sp³-hybridized carbons (Fsp3) is 0.444. The van der Waals surface area contributed by atoms with Gasteiger partial charge in [-0.3, -0.25) is 9.59 Å². The summed E-state index contributed by atoms with van der Waals surface area (Å²) in [7, 11) is 0. The Hall–Kier alpha value is -1.85. The van der Waals surface area contributed by atoms with Gasteiger partial charge >= 0.3 is 0 Å². The molecule has 1 N–H and O–H groups in total. The van der Waals surface area contributed by atoms with Crippen molar-refractivity contribution in [2.24, 2.45) is 0 Å². The van der Waals surface area contributed by atoms with Crippen molar-refractivity contribution < 1.29 is 19.4 Å². The topological polar surface area (TPSA) is 66.8 Å². The Kier molecular flexibility index (Phi) is 6.02. The van der Waals surface area contributed by atoms with Crippen LogP contribution in [0.15, 0.2) is 35.6 Å². The first-order chi connectivity index (χ1) is 11.3. The van der Waals surface area contributed by atoms with Crippen molar-refractivity contribution in [2.45, 2.75) is 39.3 Å². The maximum atomic E-state index is 12.4. The second-order valence-corrected chi connectivity index (χ2v) is 6.48. The van der Waals surface area contributed by atoms with Crippen LogP contribution in [-0.4, -0.2) is 41.0 Å². The van der Waals surface area contributed by atoms with Crippen LogP contribution in [0.3, 0.4) is 0 Å². The average molecular weight is 352 g/mol. The molecule has 1 atom stereocenters. The van der Waals surface area contributed by atoms with Gasteiger partial charge in [0.05, 0.1) is 17.7 Å². The Labute approximate surface area is 146 Å². The van der Waals surface area contributed by atoms with Gasteiger partial charge in [-0.25, -0.2) is 0 Å². The third-order valence-electron chi connectivity index (χ3n) is 3.86. The van der Waals surface area contributed by atoms with Gasteiger partial charge in [-0.15, -0.1) is 0 Å². The summed E-state index contributed by atoms with van der Waals surface area (Å²) in [5.41, 5.74) is 0.874. The number of aliphatic hydroxyl groups is 1. The van der Waals surface area contributed by atoms with Crippen LogP contribution >= 0.6 is 11.6 Å². The number of hydrogen-bond acceptors (Lipinski definition) is 4. The zero-order valence-electron chi connectivity index (χ0n) is 14.1. The Morgan fingerprint density at radius 1 is 1.33 bits per heavy atom. The molecule has 0 saturated carbocycles. The Balaban J connectivity index is 2.26. The van der Waals surface area contributed by atoms with E-state index in [0.717, 1.165) is 5.56 Å². The van der Waals surface area contributed by atoms with Crippen LogP contribution in [0, 0.1) is 0 Å². The van der Waals surface area contributed by atoms with Crippen LogP contribution in [0.25, 0.3) is 0 Å². The van der Waals surface area contributed by atoms with Gasteiger partial charge in [-0.1, -0.05) is 23.7 Å². The number of ketones is 1. The fourth-order valence-corrected chi connectivity index (χ4v) is 2.92. The van der Waals surface area contributed by atoms with E-state index in [2.05, 4.69) is 0 Å². The minimum Gasteiger partial charge on any atom is -0.503 e. The van der Waals surface area contributed by atoms with E-state index in [-0.39, 0.29) is 17.5 Å². The normalized spacial score (nSPS) is 18.0. The first kappa shape index (κ1) is 18.5. The van der Waals surface area contributed by atoms with E-state index < -0.39 is 17.7 Å². The van der Waals surface area contributed by atoms with E-state index in [0.29, 0.717) is 24.6 Å². The highest BCUT2D eigenvalue weighted by Gasteiger charge is 2.41. The van der Waals surface area contributed by atoms with Crippen LogP contribution in [-0.2, 0) is 14.3 Å². The first-order valence-corrected chi connectivity index (χ1v) is 8.32. The van der Waals surface area contributed by atoms with Crippen molar-refractivity contribution in [1.82, 2.24) is 4.90 Å². The van der Waals surface area contributed by atoms with Gasteiger partial charge in [0.2, 0.25) is 0 Å². The number of rotatable bonds is 7. The van der Waals surface area contributed by atoms with E-state index in [4.69, 9.17) is 16.3 Å². The number of benzene rings is 1. The molecule has 0 fully saturated rings. The molecule has 5 nitrogen and oxygen atoms in total. The second-order valence-electron chi connectivity index (χ2n) is 6.04. The smallest absolute Gasteiger partial charge is 0.290 e. The monoisotopic (exact) mass is 351 g/mol. The van der Waals surface area contributed by atoms with Gasteiger partial charge in [0.15, 0.2) is 11.5 Å². The highest BCUT2D eigenvalue weighted by molar-refractivity contribution is 6.30. The van der Waals surface area contributed by atoms with Gasteiger partial charge in [0, 0.05) is 18.2 Å². The van der Waals surface area contributed by atoms with Gasteiger partial charge < -0.3 is 14.7 Å². The summed E-state index contributed by atoms with van der Waals surface area (Å²) in [6.07, 6.45) is 0.734.